The van der Waals surface area contributed by atoms with E-state index in [1.54, 1.807) is 13.8 Å². The van der Waals surface area contributed by atoms with E-state index in [2.05, 4.69) is 14.9 Å². The van der Waals surface area contributed by atoms with Gasteiger partial charge in [0, 0.05) is 19.1 Å². The third-order valence-electron chi connectivity index (χ3n) is 4.99. The van der Waals surface area contributed by atoms with E-state index in [9.17, 15) is 16.8 Å². The van der Waals surface area contributed by atoms with Crippen LogP contribution in [0.2, 0.25) is 0 Å². The standard InChI is InChI=1S/C13H22N4O5S2/c1-4-24(20,21)16-11-5-10-7-17(23(3,18)19)8-13(10,6-11)12-14-9(2)15-22-12/h10-11,16H,4-8H2,1-3H3/t10-,11+,13-/m0/s1. The van der Waals surface area contributed by atoms with Crippen LogP contribution < -0.4 is 4.72 Å². The maximum absolute atomic E-state index is 11.9. The molecule has 2 fully saturated rings. The molecular weight excluding hydrogens is 356 g/mol. The molecule has 0 unspecified atom stereocenters. The summed E-state index contributed by atoms with van der Waals surface area (Å²) in [4.78, 5) is 4.32. The van der Waals surface area contributed by atoms with Crippen LogP contribution in [0, 0.1) is 12.8 Å². The highest BCUT2D eigenvalue weighted by Gasteiger charge is 2.59. The Morgan fingerprint density at radius 2 is 2.08 bits per heavy atom. The van der Waals surface area contributed by atoms with E-state index >= 15 is 0 Å². The zero-order chi connectivity index (χ0) is 17.8. The topological polar surface area (TPSA) is 122 Å². The number of nitrogens with one attached hydrogen (secondary N) is 1. The third-order valence-corrected chi connectivity index (χ3v) is 7.66. The van der Waals surface area contributed by atoms with Crippen LogP contribution in [0.3, 0.4) is 0 Å². The number of hydrogen-bond donors (Lipinski definition) is 1. The van der Waals surface area contributed by atoms with Gasteiger partial charge in [0.25, 0.3) is 0 Å². The molecule has 3 atom stereocenters. The summed E-state index contributed by atoms with van der Waals surface area (Å²) < 4.78 is 57.1. The highest BCUT2D eigenvalue weighted by atomic mass is 32.2. The predicted octanol–water partition coefficient (Wildman–Crippen LogP) is -0.391. The van der Waals surface area contributed by atoms with Crippen LogP contribution in [0.4, 0.5) is 0 Å². The van der Waals surface area contributed by atoms with Crippen LogP contribution in [-0.4, -0.2) is 62.4 Å². The lowest BCUT2D eigenvalue weighted by Crippen LogP contribution is -2.39. The van der Waals surface area contributed by atoms with Crippen LogP contribution >= 0.6 is 0 Å². The summed E-state index contributed by atoms with van der Waals surface area (Å²) in [5.74, 6) is 0.829. The first kappa shape index (κ1) is 17.8. The smallest absolute Gasteiger partial charge is 0.234 e. The summed E-state index contributed by atoms with van der Waals surface area (Å²) in [5.41, 5.74) is -0.634. The van der Waals surface area contributed by atoms with E-state index in [0.29, 0.717) is 31.1 Å². The average Bonchev–Trinajstić information content (AvgIpc) is 3.09. The van der Waals surface area contributed by atoms with Crippen molar-refractivity contribution in [3.05, 3.63) is 11.7 Å². The molecule has 1 aromatic rings. The number of sulfonamides is 2. The molecule has 0 radical (unpaired) electrons. The Morgan fingerprint density at radius 3 is 2.62 bits per heavy atom. The third kappa shape index (κ3) is 3.09. The van der Waals surface area contributed by atoms with Crippen molar-refractivity contribution in [2.75, 3.05) is 25.1 Å². The molecule has 0 bridgehead atoms. The van der Waals surface area contributed by atoms with E-state index in [4.69, 9.17) is 4.52 Å². The second-order valence-corrected chi connectivity index (χ2v) is 10.7. The molecule has 2 heterocycles. The lowest BCUT2D eigenvalue weighted by Gasteiger charge is -2.24. The summed E-state index contributed by atoms with van der Waals surface area (Å²) in [6, 6.07) is -0.256. The number of aryl methyl sites for hydroxylation is 1. The fourth-order valence-corrected chi connectivity index (χ4v) is 5.60. The molecule has 1 aliphatic carbocycles. The van der Waals surface area contributed by atoms with E-state index in [0.717, 1.165) is 0 Å². The van der Waals surface area contributed by atoms with Gasteiger partial charge in [-0.3, -0.25) is 0 Å². The number of fused-ring (bicyclic) bond motifs is 1. The number of aromatic nitrogens is 2. The van der Waals surface area contributed by atoms with Gasteiger partial charge in [0.05, 0.1) is 17.4 Å². The van der Waals surface area contributed by atoms with Crippen molar-refractivity contribution in [1.29, 1.82) is 0 Å². The first-order chi connectivity index (χ1) is 11.1. The fourth-order valence-electron chi connectivity index (χ4n) is 3.84. The molecule has 1 aliphatic heterocycles. The molecule has 1 N–H and O–H groups in total. The lowest BCUT2D eigenvalue weighted by molar-refractivity contribution is 0.259. The van der Waals surface area contributed by atoms with Gasteiger partial charge >= 0.3 is 0 Å². The van der Waals surface area contributed by atoms with Gasteiger partial charge in [-0.15, -0.1) is 0 Å². The number of rotatable bonds is 5. The average molecular weight is 378 g/mol. The molecule has 1 saturated heterocycles. The normalized spacial score (nSPS) is 31.5. The van der Waals surface area contributed by atoms with Gasteiger partial charge in [0.2, 0.25) is 25.9 Å². The van der Waals surface area contributed by atoms with Crippen LogP contribution in [0.1, 0.15) is 31.5 Å². The van der Waals surface area contributed by atoms with Gasteiger partial charge in [0.15, 0.2) is 5.82 Å². The Hall–Kier alpha value is -1.04. The molecule has 0 aromatic carbocycles. The van der Waals surface area contributed by atoms with Gasteiger partial charge in [-0.1, -0.05) is 5.16 Å². The van der Waals surface area contributed by atoms with Gasteiger partial charge < -0.3 is 4.52 Å². The van der Waals surface area contributed by atoms with Crippen molar-refractivity contribution < 1.29 is 21.4 Å². The Balaban J connectivity index is 1.93. The van der Waals surface area contributed by atoms with Crippen molar-refractivity contribution in [2.45, 2.75) is 38.1 Å². The second kappa shape index (κ2) is 5.75. The summed E-state index contributed by atoms with van der Waals surface area (Å²) in [7, 11) is -6.66. The van der Waals surface area contributed by atoms with Crippen LogP contribution in [0.5, 0.6) is 0 Å². The summed E-state index contributed by atoms with van der Waals surface area (Å²) in [6.45, 7) is 3.86. The van der Waals surface area contributed by atoms with Crippen molar-refractivity contribution >= 4 is 20.0 Å². The van der Waals surface area contributed by atoms with Crippen LogP contribution in [0.25, 0.3) is 0 Å². The molecule has 24 heavy (non-hydrogen) atoms. The van der Waals surface area contributed by atoms with Gasteiger partial charge in [-0.2, -0.15) is 4.98 Å². The number of hydrogen-bond acceptors (Lipinski definition) is 7. The van der Waals surface area contributed by atoms with E-state index in [1.807, 2.05) is 0 Å². The Kier molecular flexibility index (Phi) is 4.26. The van der Waals surface area contributed by atoms with Crippen LogP contribution in [0.15, 0.2) is 4.52 Å². The van der Waals surface area contributed by atoms with Crippen molar-refractivity contribution in [1.82, 2.24) is 19.2 Å². The largest absolute Gasteiger partial charge is 0.339 e. The Bertz CT molecular complexity index is 834. The zero-order valence-electron chi connectivity index (χ0n) is 13.9. The van der Waals surface area contributed by atoms with Crippen molar-refractivity contribution in [3.63, 3.8) is 0 Å². The number of nitrogens with zero attached hydrogens (tertiary/aromatic N) is 3. The first-order valence-corrected chi connectivity index (χ1v) is 11.3. The minimum atomic E-state index is -3.34. The molecule has 2 aliphatic rings. The zero-order valence-corrected chi connectivity index (χ0v) is 15.5. The quantitative estimate of drug-likeness (QED) is 0.740. The van der Waals surface area contributed by atoms with Gasteiger partial charge in [-0.25, -0.2) is 25.9 Å². The molecule has 0 amide bonds. The molecule has 11 heteroatoms. The van der Waals surface area contributed by atoms with E-state index in [1.165, 1.54) is 10.6 Å². The molecule has 136 valence electrons. The monoisotopic (exact) mass is 378 g/mol. The summed E-state index contributed by atoms with van der Waals surface area (Å²) in [5, 5.41) is 3.83. The summed E-state index contributed by atoms with van der Waals surface area (Å²) >= 11 is 0. The minimum absolute atomic E-state index is 0.0102. The van der Waals surface area contributed by atoms with Gasteiger partial charge in [0.1, 0.15) is 0 Å². The van der Waals surface area contributed by atoms with E-state index in [-0.39, 0.29) is 24.3 Å². The van der Waals surface area contributed by atoms with Crippen LogP contribution in [-0.2, 0) is 25.5 Å². The Labute approximate surface area is 141 Å². The predicted molar refractivity (Wildman–Crippen MR) is 86.2 cm³/mol. The lowest BCUT2D eigenvalue weighted by atomic mass is 9.80. The molecule has 9 nitrogen and oxygen atoms in total. The highest BCUT2D eigenvalue weighted by molar-refractivity contribution is 7.89. The molecule has 3 rings (SSSR count). The minimum Gasteiger partial charge on any atom is -0.339 e. The van der Waals surface area contributed by atoms with Crippen molar-refractivity contribution in [3.8, 4) is 0 Å². The Morgan fingerprint density at radius 1 is 1.38 bits per heavy atom. The van der Waals surface area contributed by atoms with Gasteiger partial charge in [-0.05, 0) is 32.6 Å². The summed E-state index contributed by atoms with van der Waals surface area (Å²) in [6.07, 6.45) is 2.18. The van der Waals surface area contributed by atoms with Crippen molar-refractivity contribution in [2.24, 2.45) is 5.92 Å². The molecule has 1 aromatic heterocycles. The molecule has 0 spiro atoms. The highest BCUT2D eigenvalue weighted by Crippen LogP contribution is 2.50. The molecular formula is C13H22N4O5S2. The van der Waals surface area contributed by atoms with E-state index < -0.39 is 25.5 Å². The maximum Gasteiger partial charge on any atom is 0.234 e. The second-order valence-electron chi connectivity index (χ2n) is 6.71. The molecule has 1 saturated carbocycles. The SMILES string of the molecule is CCS(=O)(=O)N[C@@H]1C[C@H]2CN(S(C)(=O)=O)C[C@@]2(c2nc(C)no2)C1. The fraction of sp³-hybridized carbons (Fsp3) is 0.846. The first-order valence-electron chi connectivity index (χ1n) is 7.81. The maximum atomic E-state index is 11.9.